The molecule has 0 saturated carbocycles. The van der Waals surface area contributed by atoms with E-state index in [1.807, 2.05) is 18.2 Å². The minimum atomic E-state index is -3.78. The average Bonchev–Trinajstić information content (AvgIpc) is 3.25. The quantitative estimate of drug-likeness (QED) is 0.690. The standard InChI is InChI=1S/C16H21N5O3S2/c1-12(22)18-15-19-20-16(25-15)26(23,24)17-10-13-5-4-6-14(9-13)11-21-7-2-3-8-21/h4-6,9,17H,2-3,7-8,10-11H2,1H3,(H,18,19,22). The van der Waals surface area contributed by atoms with E-state index in [4.69, 9.17) is 0 Å². The molecule has 2 aromatic rings. The van der Waals surface area contributed by atoms with Crippen LogP contribution in [0.1, 0.15) is 30.9 Å². The van der Waals surface area contributed by atoms with Crippen LogP contribution in [0.3, 0.4) is 0 Å². The van der Waals surface area contributed by atoms with Crippen LogP contribution in [0, 0.1) is 0 Å². The van der Waals surface area contributed by atoms with Gasteiger partial charge in [0.05, 0.1) is 0 Å². The third-order valence-electron chi connectivity index (χ3n) is 3.98. The molecule has 1 aliphatic heterocycles. The lowest BCUT2D eigenvalue weighted by atomic mass is 10.1. The predicted molar refractivity (Wildman–Crippen MR) is 99.2 cm³/mol. The maximum atomic E-state index is 12.3. The van der Waals surface area contributed by atoms with Crippen molar-refractivity contribution in [3.63, 3.8) is 0 Å². The normalized spacial score (nSPS) is 15.3. The Bertz CT molecular complexity index is 876. The van der Waals surface area contributed by atoms with Crippen LogP contribution in [-0.2, 0) is 27.9 Å². The molecule has 1 saturated heterocycles. The van der Waals surface area contributed by atoms with Gasteiger partial charge in [0.25, 0.3) is 10.0 Å². The summed E-state index contributed by atoms with van der Waals surface area (Å²) in [5, 5.41) is 9.88. The van der Waals surface area contributed by atoms with Gasteiger partial charge in [-0.3, -0.25) is 9.69 Å². The number of hydrogen-bond donors (Lipinski definition) is 2. The van der Waals surface area contributed by atoms with Crippen LogP contribution in [0.2, 0.25) is 0 Å². The molecule has 2 heterocycles. The molecule has 1 amide bonds. The molecule has 0 bridgehead atoms. The Morgan fingerprint density at radius 3 is 2.69 bits per heavy atom. The van der Waals surface area contributed by atoms with E-state index < -0.39 is 10.0 Å². The van der Waals surface area contributed by atoms with Gasteiger partial charge in [-0.05, 0) is 37.1 Å². The van der Waals surface area contributed by atoms with E-state index >= 15 is 0 Å². The molecule has 1 aromatic heterocycles. The van der Waals surface area contributed by atoms with Gasteiger partial charge in [0.15, 0.2) is 0 Å². The largest absolute Gasteiger partial charge is 0.301 e. The second-order valence-corrected chi connectivity index (χ2v) is 9.10. The van der Waals surface area contributed by atoms with Crippen LogP contribution in [0.25, 0.3) is 0 Å². The van der Waals surface area contributed by atoms with Crippen LogP contribution in [0.5, 0.6) is 0 Å². The molecule has 3 rings (SSSR count). The summed E-state index contributed by atoms with van der Waals surface area (Å²) in [7, 11) is -3.78. The van der Waals surface area contributed by atoms with Crippen LogP contribution in [-0.4, -0.2) is 42.5 Å². The van der Waals surface area contributed by atoms with E-state index in [1.165, 1.54) is 25.3 Å². The first-order valence-electron chi connectivity index (χ1n) is 8.33. The van der Waals surface area contributed by atoms with E-state index in [0.717, 1.165) is 36.5 Å². The van der Waals surface area contributed by atoms with Crippen molar-refractivity contribution in [2.75, 3.05) is 18.4 Å². The summed E-state index contributed by atoms with van der Waals surface area (Å²) in [6.45, 7) is 4.61. The molecule has 0 atom stereocenters. The number of nitrogens with zero attached hydrogens (tertiary/aromatic N) is 3. The lowest BCUT2D eigenvalue weighted by Gasteiger charge is -2.15. The summed E-state index contributed by atoms with van der Waals surface area (Å²) in [4.78, 5) is 13.4. The smallest absolute Gasteiger partial charge is 0.270 e. The number of carbonyl (C=O) groups excluding carboxylic acids is 1. The van der Waals surface area contributed by atoms with Crippen molar-refractivity contribution < 1.29 is 13.2 Å². The van der Waals surface area contributed by atoms with Gasteiger partial charge in [-0.15, -0.1) is 10.2 Å². The number of aromatic nitrogens is 2. The number of nitrogens with one attached hydrogen (secondary N) is 2. The Morgan fingerprint density at radius 2 is 1.96 bits per heavy atom. The molecule has 2 N–H and O–H groups in total. The van der Waals surface area contributed by atoms with E-state index in [2.05, 4.69) is 31.2 Å². The molecule has 8 nitrogen and oxygen atoms in total. The first-order valence-corrected chi connectivity index (χ1v) is 10.6. The van der Waals surface area contributed by atoms with Crippen LogP contribution in [0.15, 0.2) is 28.6 Å². The molecule has 0 radical (unpaired) electrons. The number of rotatable bonds is 7. The van der Waals surface area contributed by atoms with E-state index in [9.17, 15) is 13.2 Å². The number of hydrogen-bond acceptors (Lipinski definition) is 7. The highest BCUT2D eigenvalue weighted by atomic mass is 32.2. The number of amides is 1. The summed E-state index contributed by atoms with van der Waals surface area (Å²) >= 11 is 0.816. The molecule has 0 unspecified atom stereocenters. The third-order valence-corrected chi connectivity index (χ3v) is 6.59. The van der Waals surface area contributed by atoms with Crippen molar-refractivity contribution in [1.29, 1.82) is 0 Å². The average molecular weight is 396 g/mol. The molecule has 26 heavy (non-hydrogen) atoms. The molecule has 1 aliphatic rings. The van der Waals surface area contributed by atoms with Gasteiger partial charge in [0.1, 0.15) is 0 Å². The number of benzene rings is 1. The van der Waals surface area contributed by atoms with Gasteiger partial charge in [-0.25, -0.2) is 13.1 Å². The number of likely N-dealkylation sites (tertiary alicyclic amines) is 1. The Balaban J connectivity index is 1.62. The summed E-state index contributed by atoms with van der Waals surface area (Å²) < 4.78 is 27.0. The zero-order chi connectivity index (χ0) is 18.6. The van der Waals surface area contributed by atoms with Crippen molar-refractivity contribution in [2.24, 2.45) is 0 Å². The predicted octanol–water partition coefficient (Wildman–Crippen LogP) is 1.57. The topological polar surface area (TPSA) is 104 Å². The lowest BCUT2D eigenvalue weighted by molar-refractivity contribution is -0.114. The first-order chi connectivity index (χ1) is 12.4. The van der Waals surface area contributed by atoms with E-state index in [0.29, 0.717) is 0 Å². The Hall–Kier alpha value is -1.88. The van der Waals surface area contributed by atoms with E-state index in [-0.39, 0.29) is 21.9 Å². The van der Waals surface area contributed by atoms with E-state index in [1.54, 1.807) is 0 Å². The third kappa shape index (κ3) is 5.07. The minimum absolute atomic E-state index is 0.158. The molecule has 140 valence electrons. The highest BCUT2D eigenvalue weighted by Gasteiger charge is 2.20. The zero-order valence-corrected chi connectivity index (χ0v) is 16.1. The SMILES string of the molecule is CC(=O)Nc1nnc(S(=O)(=O)NCc2cccc(CN3CCCC3)c2)s1. The first kappa shape index (κ1) is 18.9. The maximum absolute atomic E-state index is 12.3. The van der Waals surface area contributed by atoms with Crippen molar-refractivity contribution in [2.45, 2.75) is 37.2 Å². The van der Waals surface area contributed by atoms with Gasteiger partial charge in [-0.1, -0.05) is 35.6 Å². The fraction of sp³-hybridized carbons (Fsp3) is 0.438. The van der Waals surface area contributed by atoms with Gasteiger partial charge in [0.2, 0.25) is 15.4 Å². The molecular weight excluding hydrogens is 374 g/mol. The number of carbonyl (C=O) groups is 1. The molecule has 1 aromatic carbocycles. The van der Waals surface area contributed by atoms with Crippen molar-refractivity contribution in [3.05, 3.63) is 35.4 Å². The van der Waals surface area contributed by atoms with Crippen LogP contribution >= 0.6 is 11.3 Å². The highest BCUT2D eigenvalue weighted by Crippen LogP contribution is 2.20. The van der Waals surface area contributed by atoms with Gasteiger partial charge in [0, 0.05) is 20.0 Å². The van der Waals surface area contributed by atoms with Gasteiger partial charge < -0.3 is 5.32 Å². The number of sulfonamides is 1. The molecule has 0 aliphatic carbocycles. The summed E-state index contributed by atoms with van der Waals surface area (Å²) in [6, 6.07) is 7.90. The monoisotopic (exact) mass is 395 g/mol. The second kappa shape index (κ2) is 8.21. The zero-order valence-electron chi connectivity index (χ0n) is 14.4. The Kier molecular flexibility index (Phi) is 5.97. The highest BCUT2D eigenvalue weighted by molar-refractivity contribution is 7.91. The van der Waals surface area contributed by atoms with Crippen LogP contribution in [0.4, 0.5) is 5.13 Å². The summed E-state index contributed by atoms with van der Waals surface area (Å²) in [5.74, 6) is -0.326. The lowest BCUT2D eigenvalue weighted by Crippen LogP contribution is -2.23. The minimum Gasteiger partial charge on any atom is -0.301 e. The summed E-state index contributed by atoms with van der Waals surface area (Å²) in [5.41, 5.74) is 2.06. The molecule has 1 fully saturated rings. The van der Waals surface area contributed by atoms with Crippen molar-refractivity contribution in [1.82, 2.24) is 19.8 Å². The second-order valence-electron chi connectivity index (χ2n) is 6.18. The van der Waals surface area contributed by atoms with Crippen LogP contribution < -0.4 is 10.0 Å². The van der Waals surface area contributed by atoms with Crippen molar-refractivity contribution >= 4 is 32.4 Å². The maximum Gasteiger partial charge on any atom is 0.270 e. The molecule has 0 spiro atoms. The number of anilines is 1. The van der Waals surface area contributed by atoms with Gasteiger partial charge >= 0.3 is 0 Å². The summed E-state index contributed by atoms with van der Waals surface area (Å²) in [6.07, 6.45) is 2.48. The van der Waals surface area contributed by atoms with Crippen molar-refractivity contribution in [3.8, 4) is 0 Å². The molecular formula is C16H21N5O3S2. The Labute approximate surface area is 156 Å². The fourth-order valence-electron chi connectivity index (χ4n) is 2.80. The fourth-order valence-corrected chi connectivity index (χ4v) is 4.80. The Morgan fingerprint density at radius 1 is 1.23 bits per heavy atom. The van der Waals surface area contributed by atoms with Gasteiger partial charge in [-0.2, -0.15) is 0 Å². The molecule has 10 heteroatoms.